The summed E-state index contributed by atoms with van der Waals surface area (Å²) in [4.78, 5) is 13.2. The van der Waals surface area contributed by atoms with E-state index in [4.69, 9.17) is 11.6 Å². The normalized spacial score (nSPS) is 14.8. The number of nitrogens with zero attached hydrogens (tertiary/aromatic N) is 1. The topological polar surface area (TPSA) is 20.3 Å². The third kappa shape index (κ3) is 2.23. The summed E-state index contributed by atoms with van der Waals surface area (Å²) in [5.41, 5.74) is 1.94. The smallest absolute Gasteiger partial charge is 0.237 e. The molecule has 0 fully saturated rings. The number of hydrogen-bond donors (Lipinski definition) is 0. The number of hydrogen-bond acceptors (Lipinski definition) is 1. The molecule has 1 amide bonds. The molecule has 2 nitrogen and oxygen atoms in total. The van der Waals surface area contributed by atoms with Crippen LogP contribution in [0.15, 0.2) is 16.6 Å². The lowest BCUT2D eigenvalue weighted by atomic mass is 9.99. The molecule has 1 aromatic carbocycles. The van der Waals surface area contributed by atoms with Gasteiger partial charge >= 0.3 is 0 Å². The van der Waals surface area contributed by atoms with Crippen LogP contribution in [0.5, 0.6) is 0 Å². The number of carbonyl (C=O) groups excluding carboxylic acids is 1. The summed E-state index contributed by atoms with van der Waals surface area (Å²) >= 11 is 8.83. The van der Waals surface area contributed by atoms with E-state index in [1.807, 2.05) is 0 Å². The molecule has 0 unspecified atom stereocenters. The van der Waals surface area contributed by atoms with Crippen molar-refractivity contribution in [1.29, 1.82) is 0 Å². The number of alkyl halides is 1. The van der Waals surface area contributed by atoms with Gasteiger partial charge in [-0.05, 0) is 29.7 Å². The van der Waals surface area contributed by atoms with Gasteiger partial charge in [-0.15, -0.1) is 11.6 Å². The summed E-state index contributed by atoms with van der Waals surface area (Å²) in [6.45, 7) is 1.11. The highest BCUT2D eigenvalue weighted by molar-refractivity contribution is 9.10. The standard InChI is InChI=1S/C11H10BrClFNO/c12-10-4-8(14)3-7-1-2-15(6-9(7)10)11(16)5-13/h3-4H,1-2,5-6H2. The van der Waals surface area contributed by atoms with Crippen molar-refractivity contribution in [3.8, 4) is 0 Å². The van der Waals surface area contributed by atoms with Crippen LogP contribution >= 0.6 is 27.5 Å². The highest BCUT2D eigenvalue weighted by Crippen LogP contribution is 2.27. The molecule has 0 N–H and O–H groups in total. The quantitative estimate of drug-likeness (QED) is 0.731. The summed E-state index contributed by atoms with van der Waals surface area (Å²) in [5, 5.41) is 0. The molecule has 0 atom stereocenters. The van der Waals surface area contributed by atoms with E-state index in [1.165, 1.54) is 12.1 Å². The average molecular weight is 307 g/mol. The Balaban J connectivity index is 2.30. The van der Waals surface area contributed by atoms with Gasteiger partial charge in [0.1, 0.15) is 11.7 Å². The molecule has 0 spiro atoms. The van der Waals surface area contributed by atoms with E-state index in [2.05, 4.69) is 15.9 Å². The van der Waals surface area contributed by atoms with Gasteiger partial charge < -0.3 is 4.90 Å². The van der Waals surface area contributed by atoms with Crippen molar-refractivity contribution < 1.29 is 9.18 Å². The molecule has 0 radical (unpaired) electrons. The predicted molar refractivity (Wildman–Crippen MR) is 63.9 cm³/mol. The number of halogens is 3. The van der Waals surface area contributed by atoms with Crippen LogP contribution in [0.1, 0.15) is 11.1 Å². The van der Waals surface area contributed by atoms with Crippen molar-refractivity contribution in [2.24, 2.45) is 0 Å². The molecule has 1 aliphatic heterocycles. The fourth-order valence-corrected chi connectivity index (χ4v) is 2.65. The van der Waals surface area contributed by atoms with E-state index in [-0.39, 0.29) is 17.6 Å². The first-order chi connectivity index (χ1) is 7.61. The van der Waals surface area contributed by atoms with E-state index < -0.39 is 0 Å². The number of carbonyl (C=O) groups is 1. The van der Waals surface area contributed by atoms with Gasteiger partial charge in [0, 0.05) is 17.6 Å². The third-order valence-corrected chi connectivity index (χ3v) is 3.66. The van der Waals surface area contributed by atoms with Crippen LogP contribution in [-0.4, -0.2) is 23.2 Å². The van der Waals surface area contributed by atoms with Crippen LogP contribution in [0.2, 0.25) is 0 Å². The molecule has 0 bridgehead atoms. The molecule has 0 aliphatic carbocycles. The minimum Gasteiger partial charge on any atom is -0.337 e. The third-order valence-electron chi connectivity index (χ3n) is 2.72. The summed E-state index contributed by atoms with van der Waals surface area (Å²) in [6, 6.07) is 2.95. The maximum absolute atomic E-state index is 13.1. The first-order valence-corrected chi connectivity index (χ1v) is 6.25. The maximum atomic E-state index is 13.1. The predicted octanol–water partition coefficient (Wildman–Crippen LogP) is 2.71. The first-order valence-electron chi connectivity index (χ1n) is 4.92. The van der Waals surface area contributed by atoms with Gasteiger partial charge in [-0.1, -0.05) is 15.9 Å². The number of amides is 1. The minimum absolute atomic E-state index is 0.00581. The van der Waals surface area contributed by atoms with E-state index in [0.29, 0.717) is 19.5 Å². The lowest BCUT2D eigenvalue weighted by Gasteiger charge is -2.29. The van der Waals surface area contributed by atoms with E-state index >= 15 is 0 Å². The van der Waals surface area contributed by atoms with Gasteiger partial charge in [-0.25, -0.2) is 4.39 Å². The molecule has 0 aromatic heterocycles. The molecule has 5 heteroatoms. The Kier molecular flexibility index (Phi) is 3.50. The van der Waals surface area contributed by atoms with Crippen molar-refractivity contribution in [1.82, 2.24) is 4.90 Å². The maximum Gasteiger partial charge on any atom is 0.237 e. The second kappa shape index (κ2) is 4.72. The SMILES string of the molecule is O=C(CCl)N1CCc2cc(F)cc(Br)c2C1. The van der Waals surface area contributed by atoms with Crippen molar-refractivity contribution >= 4 is 33.4 Å². The summed E-state index contributed by atoms with van der Waals surface area (Å²) in [5.74, 6) is -0.333. The highest BCUT2D eigenvalue weighted by atomic mass is 79.9. The van der Waals surface area contributed by atoms with Gasteiger partial charge in [0.15, 0.2) is 0 Å². The Labute approximate surface area is 107 Å². The second-order valence-corrected chi connectivity index (χ2v) is 4.85. The van der Waals surface area contributed by atoms with Crippen LogP contribution in [0, 0.1) is 5.82 Å². The van der Waals surface area contributed by atoms with E-state index in [0.717, 1.165) is 15.6 Å². The molecule has 0 saturated carbocycles. The van der Waals surface area contributed by atoms with E-state index in [9.17, 15) is 9.18 Å². The van der Waals surface area contributed by atoms with E-state index in [1.54, 1.807) is 4.90 Å². The Morgan fingerprint density at radius 2 is 2.31 bits per heavy atom. The fourth-order valence-electron chi connectivity index (χ4n) is 1.88. The van der Waals surface area contributed by atoms with Crippen molar-refractivity contribution in [3.63, 3.8) is 0 Å². The largest absolute Gasteiger partial charge is 0.337 e. The minimum atomic E-state index is -0.247. The first kappa shape index (κ1) is 11.9. The van der Waals surface area contributed by atoms with Crippen LogP contribution in [0.25, 0.3) is 0 Å². The van der Waals surface area contributed by atoms with Crippen molar-refractivity contribution in [2.75, 3.05) is 12.4 Å². The zero-order valence-electron chi connectivity index (χ0n) is 8.47. The Morgan fingerprint density at radius 3 is 3.00 bits per heavy atom. The van der Waals surface area contributed by atoms with Gasteiger partial charge in [-0.3, -0.25) is 4.79 Å². The lowest BCUT2D eigenvalue weighted by molar-refractivity contribution is -0.129. The average Bonchev–Trinajstić information content (AvgIpc) is 2.27. The number of rotatable bonds is 1. The summed E-state index contributed by atoms with van der Waals surface area (Å²) < 4.78 is 13.9. The molecule has 16 heavy (non-hydrogen) atoms. The van der Waals surface area contributed by atoms with Gasteiger partial charge in [0.05, 0.1) is 0 Å². The Bertz CT molecular complexity index is 438. The van der Waals surface area contributed by atoms with Crippen LogP contribution in [-0.2, 0) is 17.8 Å². The lowest BCUT2D eigenvalue weighted by Crippen LogP contribution is -2.36. The van der Waals surface area contributed by atoms with Gasteiger partial charge in [0.25, 0.3) is 0 Å². The number of fused-ring (bicyclic) bond motifs is 1. The molecule has 0 saturated heterocycles. The van der Waals surface area contributed by atoms with Crippen molar-refractivity contribution in [2.45, 2.75) is 13.0 Å². The monoisotopic (exact) mass is 305 g/mol. The molecule has 86 valence electrons. The van der Waals surface area contributed by atoms with Crippen LogP contribution in [0.4, 0.5) is 4.39 Å². The zero-order chi connectivity index (χ0) is 11.7. The van der Waals surface area contributed by atoms with Crippen LogP contribution < -0.4 is 0 Å². The number of benzene rings is 1. The molecule has 1 aromatic rings. The fraction of sp³-hybridized carbons (Fsp3) is 0.364. The van der Waals surface area contributed by atoms with Gasteiger partial charge in [0.2, 0.25) is 5.91 Å². The molecule has 1 aliphatic rings. The summed E-state index contributed by atoms with van der Waals surface area (Å²) in [7, 11) is 0. The molecular formula is C11H10BrClFNO. The highest BCUT2D eigenvalue weighted by Gasteiger charge is 2.22. The van der Waals surface area contributed by atoms with Crippen molar-refractivity contribution in [3.05, 3.63) is 33.5 Å². The Morgan fingerprint density at radius 1 is 1.56 bits per heavy atom. The van der Waals surface area contributed by atoms with Crippen LogP contribution in [0.3, 0.4) is 0 Å². The zero-order valence-corrected chi connectivity index (χ0v) is 10.8. The second-order valence-electron chi connectivity index (χ2n) is 3.72. The summed E-state index contributed by atoms with van der Waals surface area (Å²) in [6.07, 6.45) is 0.675. The molecular weight excluding hydrogens is 296 g/mol. The molecule has 1 heterocycles. The van der Waals surface area contributed by atoms with Gasteiger partial charge in [-0.2, -0.15) is 0 Å². The Hall–Kier alpha value is -0.610. The molecule has 2 rings (SSSR count).